The van der Waals surface area contributed by atoms with E-state index in [1.54, 1.807) is 12.1 Å². The number of hydrogen-bond donors (Lipinski definition) is 0. The zero-order chi connectivity index (χ0) is 16.8. The number of ether oxygens (including phenoxy) is 3. The fourth-order valence-corrected chi connectivity index (χ4v) is 2.39. The Hall–Kier alpha value is -2.27. The highest BCUT2D eigenvalue weighted by atomic mass is 79.9. The summed E-state index contributed by atoms with van der Waals surface area (Å²) < 4.78 is 16.8. The molecule has 2 aromatic carbocycles. The number of carbonyl (C=O) groups is 1. The largest absolute Gasteiger partial charge is 0.503 e. The van der Waals surface area contributed by atoms with Crippen LogP contribution >= 0.6 is 15.9 Å². The molecule has 0 aromatic heterocycles. The molecule has 0 amide bonds. The summed E-state index contributed by atoms with van der Waals surface area (Å²) in [4.78, 5) is 12.0. The maximum absolute atomic E-state index is 12.0. The second-order valence-electron chi connectivity index (χ2n) is 4.72. The normalized spacial score (nSPS) is 11.0. The molecule has 5 heteroatoms. The number of rotatable bonds is 5. The Kier molecular flexibility index (Phi) is 5.82. The van der Waals surface area contributed by atoms with E-state index in [-0.39, 0.29) is 0 Å². The number of carbonyl (C=O) groups excluding carboxylic acids is 1. The second-order valence-corrected chi connectivity index (χ2v) is 5.57. The van der Waals surface area contributed by atoms with Crippen molar-refractivity contribution in [3.63, 3.8) is 0 Å². The average molecular weight is 377 g/mol. The minimum absolute atomic E-state index is 0.290. The van der Waals surface area contributed by atoms with Gasteiger partial charge in [-0.05, 0) is 25.1 Å². The summed E-state index contributed by atoms with van der Waals surface area (Å²) in [5.41, 5.74) is 1.86. The quantitative estimate of drug-likeness (QED) is 0.430. The van der Waals surface area contributed by atoms with Crippen molar-refractivity contribution in [2.45, 2.75) is 6.92 Å². The van der Waals surface area contributed by atoms with Crippen molar-refractivity contribution in [1.82, 2.24) is 0 Å². The Labute approximate surface area is 143 Å². The summed E-state index contributed by atoms with van der Waals surface area (Å²) in [5, 5.41) is 0. The lowest BCUT2D eigenvalue weighted by molar-refractivity contribution is -0.133. The van der Waals surface area contributed by atoms with E-state index in [1.807, 2.05) is 37.3 Å². The summed E-state index contributed by atoms with van der Waals surface area (Å²) >= 11 is 3.48. The van der Waals surface area contributed by atoms with Gasteiger partial charge in [-0.15, -0.1) is 0 Å². The predicted molar refractivity (Wildman–Crippen MR) is 92.4 cm³/mol. The molecule has 0 spiro atoms. The van der Waals surface area contributed by atoms with Crippen molar-refractivity contribution in [3.8, 4) is 11.5 Å². The van der Waals surface area contributed by atoms with Gasteiger partial charge in [0.15, 0.2) is 0 Å². The third kappa shape index (κ3) is 3.93. The number of halogens is 1. The van der Waals surface area contributed by atoms with Gasteiger partial charge in [0, 0.05) is 15.6 Å². The van der Waals surface area contributed by atoms with Crippen LogP contribution in [-0.4, -0.2) is 20.2 Å². The predicted octanol–water partition coefficient (Wildman–Crippen LogP) is 4.71. The summed E-state index contributed by atoms with van der Waals surface area (Å²) in [6.07, 6.45) is 1.35. The number of esters is 1. The van der Waals surface area contributed by atoms with Crippen LogP contribution in [-0.2, 0) is 14.3 Å². The first-order valence-corrected chi connectivity index (χ1v) is 7.71. The zero-order valence-electron chi connectivity index (χ0n) is 13.1. The first-order valence-electron chi connectivity index (χ1n) is 6.92. The van der Waals surface area contributed by atoms with Gasteiger partial charge in [0.05, 0.1) is 20.5 Å². The lowest BCUT2D eigenvalue weighted by Crippen LogP contribution is -2.06. The summed E-state index contributed by atoms with van der Waals surface area (Å²) in [7, 11) is 2.80. The molecular formula is C18H17BrO4. The standard InChI is InChI=1S/C18H17BrO4/c1-12-15(19)8-6-10-16(12)23-17-9-5-4-7-13(17)14(11-21-2)18(20)22-3/h4-11H,1-3H3. The molecule has 0 atom stereocenters. The van der Waals surface area contributed by atoms with E-state index in [4.69, 9.17) is 14.2 Å². The molecule has 0 heterocycles. The first kappa shape index (κ1) is 17.1. The van der Waals surface area contributed by atoms with Crippen LogP contribution in [0.15, 0.2) is 53.2 Å². The topological polar surface area (TPSA) is 44.8 Å². The molecule has 0 fully saturated rings. The molecule has 4 nitrogen and oxygen atoms in total. The first-order chi connectivity index (χ1) is 11.1. The number of hydrogen-bond acceptors (Lipinski definition) is 4. The van der Waals surface area contributed by atoms with Crippen molar-refractivity contribution < 1.29 is 19.0 Å². The van der Waals surface area contributed by atoms with Crippen molar-refractivity contribution >= 4 is 27.5 Å². The van der Waals surface area contributed by atoms with Gasteiger partial charge in [0.1, 0.15) is 17.1 Å². The van der Waals surface area contributed by atoms with Gasteiger partial charge in [-0.25, -0.2) is 4.79 Å². The van der Waals surface area contributed by atoms with Crippen molar-refractivity contribution in [2.75, 3.05) is 14.2 Å². The molecular weight excluding hydrogens is 360 g/mol. The Balaban J connectivity index is 2.47. The molecule has 0 saturated carbocycles. The van der Waals surface area contributed by atoms with Gasteiger partial charge >= 0.3 is 5.97 Å². The third-order valence-electron chi connectivity index (χ3n) is 3.26. The zero-order valence-corrected chi connectivity index (χ0v) is 14.7. The fraction of sp³-hybridized carbons (Fsp3) is 0.167. The van der Waals surface area contributed by atoms with Crippen LogP contribution in [0.25, 0.3) is 5.57 Å². The summed E-state index contributed by atoms with van der Waals surface area (Å²) in [5.74, 6) is 0.754. The van der Waals surface area contributed by atoms with Crippen LogP contribution in [0.1, 0.15) is 11.1 Å². The molecule has 2 rings (SSSR count). The molecule has 0 unspecified atom stereocenters. The molecule has 0 aliphatic heterocycles. The van der Waals surface area contributed by atoms with E-state index in [1.165, 1.54) is 20.5 Å². The highest BCUT2D eigenvalue weighted by molar-refractivity contribution is 9.10. The van der Waals surface area contributed by atoms with Gasteiger partial charge in [0.25, 0.3) is 0 Å². The van der Waals surface area contributed by atoms with Crippen LogP contribution < -0.4 is 4.74 Å². The summed E-state index contributed by atoms with van der Waals surface area (Å²) in [6, 6.07) is 12.9. The number of benzene rings is 2. The molecule has 0 aliphatic carbocycles. The lowest BCUT2D eigenvalue weighted by Gasteiger charge is -2.14. The highest BCUT2D eigenvalue weighted by Crippen LogP contribution is 2.34. The molecule has 23 heavy (non-hydrogen) atoms. The lowest BCUT2D eigenvalue weighted by atomic mass is 10.1. The van der Waals surface area contributed by atoms with E-state index in [0.717, 1.165) is 10.0 Å². The fourth-order valence-electron chi connectivity index (χ4n) is 2.04. The number of methoxy groups -OCH3 is 2. The monoisotopic (exact) mass is 376 g/mol. The maximum atomic E-state index is 12.0. The molecule has 120 valence electrons. The van der Waals surface area contributed by atoms with Crippen LogP contribution in [0.4, 0.5) is 0 Å². The number of para-hydroxylation sites is 1. The van der Waals surface area contributed by atoms with E-state index < -0.39 is 5.97 Å². The summed E-state index contributed by atoms with van der Waals surface area (Å²) in [6.45, 7) is 1.95. The van der Waals surface area contributed by atoms with E-state index >= 15 is 0 Å². The van der Waals surface area contributed by atoms with Gasteiger partial charge in [-0.1, -0.05) is 40.2 Å². The third-order valence-corrected chi connectivity index (χ3v) is 4.12. The van der Waals surface area contributed by atoms with Crippen molar-refractivity contribution in [2.24, 2.45) is 0 Å². The maximum Gasteiger partial charge on any atom is 0.341 e. The molecule has 2 aromatic rings. The smallest absolute Gasteiger partial charge is 0.341 e. The van der Waals surface area contributed by atoms with Crippen LogP contribution in [0.3, 0.4) is 0 Å². The van der Waals surface area contributed by atoms with Gasteiger partial charge in [-0.3, -0.25) is 0 Å². The van der Waals surface area contributed by atoms with Gasteiger partial charge < -0.3 is 14.2 Å². The van der Waals surface area contributed by atoms with Crippen LogP contribution in [0.5, 0.6) is 11.5 Å². The molecule has 0 saturated heterocycles. The Morgan fingerprint density at radius 3 is 2.43 bits per heavy atom. The van der Waals surface area contributed by atoms with E-state index in [2.05, 4.69) is 15.9 Å². The molecule has 0 radical (unpaired) electrons. The highest BCUT2D eigenvalue weighted by Gasteiger charge is 2.18. The van der Waals surface area contributed by atoms with Crippen LogP contribution in [0, 0.1) is 6.92 Å². The van der Waals surface area contributed by atoms with Gasteiger partial charge in [-0.2, -0.15) is 0 Å². The van der Waals surface area contributed by atoms with E-state index in [9.17, 15) is 4.79 Å². The molecule has 0 N–H and O–H groups in total. The van der Waals surface area contributed by atoms with Crippen molar-refractivity contribution in [3.05, 3.63) is 64.3 Å². The van der Waals surface area contributed by atoms with Gasteiger partial charge in [0.2, 0.25) is 0 Å². The SMILES string of the molecule is COC=C(C(=O)OC)c1ccccc1Oc1cccc(Br)c1C. The minimum Gasteiger partial charge on any atom is -0.503 e. The average Bonchev–Trinajstić information content (AvgIpc) is 2.57. The molecule has 0 aliphatic rings. The van der Waals surface area contributed by atoms with E-state index in [0.29, 0.717) is 22.6 Å². The second kappa shape index (κ2) is 7.83. The van der Waals surface area contributed by atoms with Crippen molar-refractivity contribution in [1.29, 1.82) is 0 Å². The Morgan fingerprint density at radius 1 is 1.04 bits per heavy atom. The Morgan fingerprint density at radius 2 is 1.74 bits per heavy atom. The Bertz CT molecular complexity index is 738. The van der Waals surface area contributed by atoms with Crippen LogP contribution in [0.2, 0.25) is 0 Å². The molecule has 0 bridgehead atoms. The minimum atomic E-state index is -0.492.